The van der Waals surface area contributed by atoms with Crippen LogP contribution in [0.4, 0.5) is 18.9 Å². The van der Waals surface area contributed by atoms with Gasteiger partial charge in [-0.15, -0.1) is 10.2 Å². The molecule has 52 heavy (non-hydrogen) atoms. The number of nitrogens with one attached hydrogen (secondary N) is 1. The van der Waals surface area contributed by atoms with Gasteiger partial charge in [0, 0.05) is 24.3 Å². The number of aromatic nitrogens is 6. The van der Waals surface area contributed by atoms with Crippen molar-refractivity contribution in [2.24, 2.45) is 0 Å². The highest BCUT2D eigenvalue weighted by Gasteiger charge is 2.32. The molecule has 4 heterocycles. The fraction of sp³-hybridized carbons (Fsp3) is 0.324. The molecule has 14 nitrogen and oxygen atoms in total. The summed E-state index contributed by atoms with van der Waals surface area (Å²) in [4.78, 5) is 51.3. The molecule has 3 aromatic heterocycles. The Kier molecular flexibility index (Phi) is 9.44. The van der Waals surface area contributed by atoms with Crippen LogP contribution in [0.5, 0.6) is 5.75 Å². The summed E-state index contributed by atoms with van der Waals surface area (Å²) < 4.78 is 41.0. The van der Waals surface area contributed by atoms with Crippen LogP contribution < -0.4 is 15.9 Å². The number of amides is 2. The van der Waals surface area contributed by atoms with Crippen molar-refractivity contribution >= 4 is 40.1 Å². The van der Waals surface area contributed by atoms with Crippen molar-refractivity contribution in [3.8, 4) is 11.4 Å². The minimum atomic E-state index is -4.63. The molecule has 5 aromatic rings. The SMILES string of the molecule is Cc1ncnc(C(=O)N2CCN(n3c(C)c(CC(=O)Nc4ccc(C(F)(F)F)cc4Cl)c4nn(-c5ccc(C(C)(C)O)cc5)nc4c3=O)CC2)c1O. The van der Waals surface area contributed by atoms with Gasteiger partial charge in [-0.2, -0.15) is 18.0 Å². The Morgan fingerprint density at radius 1 is 0.942 bits per heavy atom. The number of hydrogen-bond donors (Lipinski definition) is 3. The van der Waals surface area contributed by atoms with Gasteiger partial charge in [-0.1, -0.05) is 23.7 Å². The number of aliphatic hydroxyl groups is 1. The molecule has 0 spiro atoms. The average Bonchev–Trinajstić information content (AvgIpc) is 3.54. The highest BCUT2D eigenvalue weighted by Crippen LogP contribution is 2.34. The molecular weight excluding hydrogens is 707 g/mol. The van der Waals surface area contributed by atoms with E-state index in [-0.39, 0.29) is 71.5 Å². The first-order chi connectivity index (χ1) is 24.4. The molecule has 272 valence electrons. The molecule has 6 rings (SSSR count). The number of benzene rings is 2. The van der Waals surface area contributed by atoms with Gasteiger partial charge in [0.2, 0.25) is 5.91 Å². The summed E-state index contributed by atoms with van der Waals surface area (Å²) in [7, 11) is 0. The third-order valence-corrected chi connectivity index (χ3v) is 9.11. The van der Waals surface area contributed by atoms with Crippen LogP contribution in [0.2, 0.25) is 5.02 Å². The number of fused-ring (bicyclic) bond motifs is 1. The molecule has 0 unspecified atom stereocenters. The maximum atomic E-state index is 14.1. The number of anilines is 1. The lowest BCUT2D eigenvalue weighted by atomic mass is 9.98. The van der Waals surface area contributed by atoms with Crippen LogP contribution >= 0.6 is 11.6 Å². The van der Waals surface area contributed by atoms with Gasteiger partial charge in [0.1, 0.15) is 11.8 Å². The average molecular weight is 740 g/mol. The second kappa shape index (κ2) is 13.5. The van der Waals surface area contributed by atoms with Gasteiger partial charge in [-0.05, 0) is 63.6 Å². The van der Waals surface area contributed by atoms with E-state index < -0.39 is 34.7 Å². The third kappa shape index (κ3) is 7.01. The molecule has 0 radical (unpaired) electrons. The van der Waals surface area contributed by atoms with Gasteiger partial charge in [-0.3, -0.25) is 14.4 Å². The van der Waals surface area contributed by atoms with Crippen LogP contribution in [-0.2, 0) is 23.0 Å². The van der Waals surface area contributed by atoms with Crippen LogP contribution in [0, 0.1) is 13.8 Å². The number of carbonyl (C=O) groups excluding carboxylic acids is 2. The summed E-state index contributed by atoms with van der Waals surface area (Å²) in [5.74, 6) is -1.46. The monoisotopic (exact) mass is 739 g/mol. The molecule has 1 aliphatic rings. The molecule has 2 aromatic carbocycles. The van der Waals surface area contributed by atoms with E-state index in [0.717, 1.165) is 12.1 Å². The third-order valence-electron chi connectivity index (χ3n) is 8.80. The number of aryl methyl sites for hydroxylation is 1. The van der Waals surface area contributed by atoms with Crippen LogP contribution in [0.25, 0.3) is 16.7 Å². The van der Waals surface area contributed by atoms with Crippen LogP contribution in [-0.4, -0.2) is 82.7 Å². The molecule has 3 N–H and O–H groups in total. The van der Waals surface area contributed by atoms with Crippen LogP contribution in [0.3, 0.4) is 0 Å². The number of carbonyl (C=O) groups is 2. The molecule has 2 amide bonds. The number of pyridine rings is 1. The quantitative estimate of drug-likeness (QED) is 0.223. The lowest BCUT2D eigenvalue weighted by Gasteiger charge is -2.37. The highest BCUT2D eigenvalue weighted by atomic mass is 35.5. The number of piperazine rings is 1. The Morgan fingerprint density at radius 2 is 1.58 bits per heavy atom. The van der Waals surface area contributed by atoms with Gasteiger partial charge in [0.15, 0.2) is 17.0 Å². The Morgan fingerprint density at radius 3 is 2.19 bits per heavy atom. The first kappa shape index (κ1) is 36.2. The zero-order chi connectivity index (χ0) is 37.7. The predicted molar refractivity (Wildman–Crippen MR) is 184 cm³/mol. The number of aromatic hydroxyl groups is 1. The number of hydrogen-bond acceptors (Lipinski definition) is 10. The summed E-state index contributed by atoms with van der Waals surface area (Å²) in [6.07, 6.45) is -3.80. The van der Waals surface area contributed by atoms with Crippen molar-refractivity contribution in [2.75, 3.05) is 36.5 Å². The van der Waals surface area contributed by atoms with E-state index in [2.05, 4.69) is 25.5 Å². The molecular formula is C34H33ClF3N9O5. The van der Waals surface area contributed by atoms with Crippen molar-refractivity contribution in [1.82, 2.24) is 34.5 Å². The van der Waals surface area contributed by atoms with E-state index in [4.69, 9.17) is 11.6 Å². The standard InChI is InChI=1S/C34H33ClF3N9O5/c1-18-30(49)29(40-17-39-18)31(50)44-11-13-45(14-12-44)46-19(2)23(16-26(48)41-25-10-7-21(15-24(25)35)34(36,37)38)27-28(32(46)51)43-47(42-27)22-8-5-20(6-9-22)33(3,4)52/h5-10,15,17,49,52H,11-14,16H2,1-4H3,(H,41,48). The first-order valence-corrected chi connectivity index (χ1v) is 16.4. The molecule has 0 saturated carbocycles. The van der Waals surface area contributed by atoms with Crippen molar-refractivity contribution in [3.05, 3.63) is 97.9 Å². The van der Waals surface area contributed by atoms with E-state index in [9.17, 15) is 37.8 Å². The van der Waals surface area contributed by atoms with E-state index in [1.807, 2.05) is 0 Å². The highest BCUT2D eigenvalue weighted by molar-refractivity contribution is 6.33. The van der Waals surface area contributed by atoms with Crippen molar-refractivity contribution in [3.63, 3.8) is 0 Å². The van der Waals surface area contributed by atoms with E-state index >= 15 is 0 Å². The molecule has 0 aliphatic carbocycles. The maximum absolute atomic E-state index is 14.1. The Hall–Kier alpha value is -5.55. The molecule has 0 atom stereocenters. The second-order valence-corrected chi connectivity index (χ2v) is 13.2. The fourth-order valence-corrected chi connectivity index (χ4v) is 6.12. The molecule has 1 saturated heterocycles. The lowest BCUT2D eigenvalue weighted by Crippen LogP contribution is -2.56. The predicted octanol–water partition coefficient (Wildman–Crippen LogP) is 3.87. The number of rotatable bonds is 7. The van der Waals surface area contributed by atoms with Crippen molar-refractivity contribution in [2.45, 2.75) is 45.9 Å². The smallest absolute Gasteiger partial charge is 0.416 e. The normalized spacial score (nSPS) is 13.9. The zero-order valence-corrected chi connectivity index (χ0v) is 29.1. The summed E-state index contributed by atoms with van der Waals surface area (Å²) in [6.45, 7) is 7.14. The lowest BCUT2D eigenvalue weighted by molar-refractivity contribution is -0.137. The maximum Gasteiger partial charge on any atom is 0.416 e. The van der Waals surface area contributed by atoms with Gasteiger partial charge >= 0.3 is 6.18 Å². The van der Waals surface area contributed by atoms with Gasteiger partial charge in [-0.25, -0.2) is 14.6 Å². The van der Waals surface area contributed by atoms with Gasteiger partial charge < -0.3 is 25.4 Å². The van der Waals surface area contributed by atoms with E-state index in [1.165, 1.54) is 20.7 Å². The van der Waals surface area contributed by atoms with Gasteiger partial charge in [0.25, 0.3) is 11.5 Å². The second-order valence-electron chi connectivity index (χ2n) is 12.8. The number of nitrogens with zero attached hydrogens (tertiary/aromatic N) is 8. The first-order valence-electron chi connectivity index (χ1n) is 16.0. The van der Waals surface area contributed by atoms with Gasteiger partial charge in [0.05, 0.1) is 52.8 Å². The molecule has 18 heteroatoms. The minimum Gasteiger partial charge on any atom is -0.504 e. The van der Waals surface area contributed by atoms with Crippen molar-refractivity contribution in [1.29, 1.82) is 0 Å². The Labute approximate surface area is 299 Å². The van der Waals surface area contributed by atoms with E-state index in [1.54, 1.807) is 57.0 Å². The summed E-state index contributed by atoms with van der Waals surface area (Å²) in [5.41, 5.74) is -0.709. The van der Waals surface area contributed by atoms with Crippen LogP contribution in [0.1, 0.15) is 52.4 Å². The molecule has 1 fully saturated rings. The topological polar surface area (TPSA) is 172 Å². The largest absolute Gasteiger partial charge is 0.504 e. The number of alkyl halides is 3. The summed E-state index contributed by atoms with van der Waals surface area (Å²) in [5, 5.41) is 33.7. The fourth-order valence-electron chi connectivity index (χ4n) is 5.90. The summed E-state index contributed by atoms with van der Waals surface area (Å²) >= 11 is 6.10. The zero-order valence-electron chi connectivity index (χ0n) is 28.4. The molecule has 0 bridgehead atoms. The molecule has 1 aliphatic heterocycles. The summed E-state index contributed by atoms with van der Waals surface area (Å²) in [6, 6.07) is 9.30. The Bertz CT molecular complexity index is 2260. The van der Waals surface area contributed by atoms with Crippen molar-refractivity contribution < 1.29 is 33.0 Å². The minimum absolute atomic E-state index is 0.0388. The van der Waals surface area contributed by atoms with Crippen LogP contribution in [0.15, 0.2) is 53.6 Å². The number of halogens is 4. The Balaban J connectivity index is 1.35. The van der Waals surface area contributed by atoms with E-state index in [0.29, 0.717) is 28.6 Å².